The Hall–Kier alpha value is -4.95. The number of fused-ring (bicyclic) bond motifs is 1. The molecule has 15 heteroatoms. The number of aliphatic imine (C=N–C) groups is 1. The number of halogens is 4. The van der Waals surface area contributed by atoms with Crippen molar-refractivity contribution in [3.8, 4) is 0 Å². The van der Waals surface area contributed by atoms with Crippen molar-refractivity contribution in [2.75, 3.05) is 23.4 Å². The SMILES string of the molecule is O=C(CN1C(=O)[C@@H](COC(=O)Nc2ccc(Cl)cc2C(F)(F)F)N=C(c2ccccc2)c2ccccc21)N[C@H]1CC(=O)OC1O. The zero-order valence-corrected chi connectivity index (χ0v) is 23.8. The Morgan fingerprint density at radius 2 is 1.78 bits per heavy atom. The van der Waals surface area contributed by atoms with Crippen molar-refractivity contribution in [1.82, 2.24) is 5.32 Å². The lowest BCUT2D eigenvalue weighted by Gasteiger charge is -2.25. The van der Waals surface area contributed by atoms with Gasteiger partial charge in [-0.1, -0.05) is 60.1 Å². The molecule has 0 spiro atoms. The molecule has 2 aliphatic heterocycles. The summed E-state index contributed by atoms with van der Waals surface area (Å²) >= 11 is 5.70. The molecule has 1 unspecified atom stereocenters. The summed E-state index contributed by atoms with van der Waals surface area (Å²) in [6, 6.07) is 15.7. The number of benzene rings is 3. The molecule has 2 aliphatic rings. The highest BCUT2D eigenvalue weighted by atomic mass is 35.5. The molecule has 3 aromatic carbocycles. The van der Waals surface area contributed by atoms with Gasteiger partial charge in [0.2, 0.25) is 12.2 Å². The standard InChI is InChI=1S/C30H24ClF3N4O7/c31-17-10-11-20(19(12-17)30(32,33)34)37-29(43)44-15-22-27(41)38(14-24(39)35-21-13-25(40)45-28(21)42)23-9-5-4-8-18(23)26(36-22)16-6-2-1-3-7-16/h1-12,21-22,28,42H,13-15H2,(H,35,39)(H,37,43)/t21-,22+,28?/m0/s1. The summed E-state index contributed by atoms with van der Waals surface area (Å²) in [5.74, 6) is -2.21. The van der Waals surface area contributed by atoms with E-state index in [4.69, 9.17) is 16.3 Å². The van der Waals surface area contributed by atoms with Gasteiger partial charge in [0.15, 0.2) is 6.04 Å². The van der Waals surface area contributed by atoms with Crippen LogP contribution in [0.25, 0.3) is 0 Å². The first kappa shape index (κ1) is 31.5. The Morgan fingerprint density at radius 1 is 1.07 bits per heavy atom. The molecule has 11 nitrogen and oxygen atoms in total. The Morgan fingerprint density at radius 3 is 2.47 bits per heavy atom. The Kier molecular flexibility index (Phi) is 9.06. The van der Waals surface area contributed by atoms with Gasteiger partial charge >= 0.3 is 18.2 Å². The first-order valence-electron chi connectivity index (χ1n) is 13.4. The third kappa shape index (κ3) is 7.24. The average Bonchev–Trinajstić information content (AvgIpc) is 3.26. The van der Waals surface area contributed by atoms with Crippen molar-refractivity contribution < 1.29 is 46.9 Å². The van der Waals surface area contributed by atoms with E-state index in [1.165, 1.54) is 0 Å². The van der Waals surface area contributed by atoms with Crippen LogP contribution in [0, 0.1) is 0 Å². The van der Waals surface area contributed by atoms with E-state index in [0.717, 1.165) is 17.0 Å². The van der Waals surface area contributed by atoms with Crippen LogP contribution in [0.15, 0.2) is 77.8 Å². The molecule has 3 aromatic rings. The Labute approximate surface area is 258 Å². The largest absolute Gasteiger partial charge is 0.446 e. The number of anilines is 2. The number of esters is 1. The molecule has 0 bridgehead atoms. The van der Waals surface area contributed by atoms with Crippen molar-refractivity contribution >= 4 is 52.6 Å². The molecule has 1 fully saturated rings. The van der Waals surface area contributed by atoms with Crippen LogP contribution in [0.1, 0.15) is 23.1 Å². The minimum atomic E-state index is -4.83. The highest BCUT2D eigenvalue weighted by Crippen LogP contribution is 2.36. The van der Waals surface area contributed by atoms with E-state index in [-0.39, 0.29) is 11.4 Å². The predicted molar refractivity (Wildman–Crippen MR) is 155 cm³/mol. The zero-order valence-electron chi connectivity index (χ0n) is 23.1. The molecule has 2 heterocycles. The van der Waals surface area contributed by atoms with Crippen LogP contribution in [0.4, 0.5) is 29.3 Å². The van der Waals surface area contributed by atoms with Crippen LogP contribution in [0.5, 0.6) is 0 Å². The topological polar surface area (TPSA) is 147 Å². The summed E-state index contributed by atoms with van der Waals surface area (Å²) in [7, 11) is 0. The van der Waals surface area contributed by atoms with E-state index in [2.05, 4.69) is 15.0 Å². The van der Waals surface area contributed by atoms with Crippen LogP contribution in [-0.2, 0) is 30.0 Å². The molecular formula is C30H24ClF3N4O7. The summed E-state index contributed by atoms with van der Waals surface area (Å²) in [5, 5.41) is 14.2. The van der Waals surface area contributed by atoms with E-state index in [9.17, 15) is 37.5 Å². The average molecular weight is 645 g/mol. The second kappa shape index (κ2) is 13.0. The number of carbonyl (C=O) groups excluding carboxylic acids is 4. The number of para-hydroxylation sites is 1. The van der Waals surface area contributed by atoms with Gasteiger partial charge in [-0.05, 0) is 24.3 Å². The molecule has 0 saturated carbocycles. The summed E-state index contributed by atoms with van der Waals surface area (Å²) in [6.45, 7) is -1.28. The second-order valence-corrected chi connectivity index (χ2v) is 10.4. The number of hydrogen-bond donors (Lipinski definition) is 3. The maximum atomic E-state index is 13.9. The number of aliphatic hydroxyl groups is 1. The highest BCUT2D eigenvalue weighted by Gasteiger charge is 2.38. The highest BCUT2D eigenvalue weighted by molar-refractivity contribution is 6.30. The number of aliphatic hydroxyl groups excluding tert-OH is 1. The van der Waals surface area contributed by atoms with Crippen molar-refractivity contribution in [2.45, 2.75) is 31.0 Å². The van der Waals surface area contributed by atoms with Crippen molar-refractivity contribution in [3.05, 3.63) is 94.5 Å². The fraction of sp³-hybridized carbons (Fsp3) is 0.233. The molecular weight excluding hydrogens is 621 g/mol. The first-order valence-corrected chi connectivity index (χ1v) is 13.8. The van der Waals surface area contributed by atoms with Crippen LogP contribution >= 0.6 is 11.6 Å². The molecule has 3 atom stereocenters. The molecule has 5 rings (SSSR count). The van der Waals surface area contributed by atoms with E-state index in [1.54, 1.807) is 54.6 Å². The van der Waals surface area contributed by atoms with Crippen LogP contribution in [0.3, 0.4) is 0 Å². The van der Waals surface area contributed by atoms with Gasteiger partial charge in [0, 0.05) is 16.1 Å². The maximum absolute atomic E-state index is 13.9. The lowest BCUT2D eigenvalue weighted by atomic mass is 10.0. The smallest absolute Gasteiger partial charge is 0.418 e. The fourth-order valence-corrected chi connectivity index (χ4v) is 4.98. The van der Waals surface area contributed by atoms with E-state index < -0.39 is 72.8 Å². The normalized spacial score (nSPS) is 19.6. The summed E-state index contributed by atoms with van der Waals surface area (Å²) < 4.78 is 50.4. The lowest BCUT2D eigenvalue weighted by molar-refractivity contribution is -0.155. The van der Waals surface area contributed by atoms with Crippen molar-refractivity contribution in [2.24, 2.45) is 4.99 Å². The van der Waals surface area contributed by atoms with Gasteiger partial charge in [-0.25, -0.2) is 4.79 Å². The summed E-state index contributed by atoms with van der Waals surface area (Å²) in [6.07, 6.45) is -7.95. The number of nitrogens with zero attached hydrogens (tertiary/aromatic N) is 2. The van der Waals surface area contributed by atoms with Crippen molar-refractivity contribution in [3.63, 3.8) is 0 Å². The van der Waals surface area contributed by atoms with Crippen molar-refractivity contribution in [1.29, 1.82) is 0 Å². The molecule has 0 aliphatic carbocycles. The second-order valence-electron chi connectivity index (χ2n) is 9.97. The Balaban J connectivity index is 1.42. The Bertz CT molecular complexity index is 1670. The van der Waals surface area contributed by atoms with Gasteiger partial charge in [0.1, 0.15) is 19.2 Å². The number of rotatable bonds is 7. The van der Waals surface area contributed by atoms with E-state index in [1.807, 2.05) is 5.32 Å². The minimum absolute atomic E-state index is 0.196. The molecule has 234 valence electrons. The number of amides is 3. The molecule has 1 saturated heterocycles. The molecule has 3 amide bonds. The fourth-order valence-electron chi connectivity index (χ4n) is 4.81. The van der Waals surface area contributed by atoms with E-state index >= 15 is 0 Å². The maximum Gasteiger partial charge on any atom is 0.418 e. The van der Waals surface area contributed by atoms with Crippen LogP contribution < -0.4 is 15.5 Å². The van der Waals surface area contributed by atoms with Gasteiger partial charge < -0.3 is 24.8 Å². The predicted octanol–water partition coefficient (Wildman–Crippen LogP) is 3.91. The number of carbonyl (C=O) groups is 4. The number of alkyl halides is 3. The van der Waals surface area contributed by atoms with Gasteiger partial charge in [-0.3, -0.25) is 24.7 Å². The monoisotopic (exact) mass is 644 g/mol. The number of ether oxygens (including phenoxy) is 2. The lowest BCUT2D eigenvalue weighted by Crippen LogP contribution is -2.49. The van der Waals surface area contributed by atoms with Crippen LogP contribution in [-0.4, -0.2) is 66.2 Å². The number of hydrogen-bond acceptors (Lipinski definition) is 8. The van der Waals surface area contributed by atoms with Crippen LogP contribution in [0.2, 0.25) is 5.02 Å². The molecule has 3 N–H and O–H groups in total. The third-order valence-electron chi connectivity index (χ3n) is 6.86. The summed E-state index contributed by atoms with van der Waals surface area (Å²) in [4.78, 5) is 56.8. The quantitative estimate of drug-likeness (QED) is 0.331. The van der Waals surface area contributed by atoms with Gasteiger partial charge in [0.25, 0.3) is 5.91 Å². The molecule has 0 aromatic heterocycles. The number of cyclic esters (lactones) is 1. The zero-order chi connectivity index (χ0) is 32.3. The van der Waals surface area contributed by atoms with Gasteiger partial charge in [0.05, 0.1) is 29.1 Å². The summed E-state index contributed by atoms with van der Waals surface area (Å²) in [5.41, 5.74) is -0.124. The third-order valence-corrected chi connectivity index (χ3v) is 7.10. The van der Waals surface area contributed by atoms with E-state index in [0.29, 0.717) is 28.6 Å². The molecule has 0 radical (unpaired) electrons. The number of nitrogens with one attached hydrogen (secondary N) is 2. The van der Waals surface area contributed by atoms with Gasteiger partial charge in [-0.15, -0.1) is 0 Å². The van der Waals surface area contributed by atoms with Gasteiger partial charge in [-0.2, -0.15) is 13.2 Å². The number of benzodiazepines with no additional fused rings is 1. The molecule has 45 heavy (non-hydrogen) atoms. The minimum Gasteiger partial charge on any atom is -0.446 e. The first-order chi connectivity index (χ1) is 21.4.